The highest BCUT2D eigenvalue weighted by atomic mass is 79.9. The molecule has 0 saturated carbocycles. The molecule has 22 heavy (non-hydrogen) atoms. The van der Waals surface area contributed by atoms with Gasteiger partial charge in [0.2, 0.25) is 0 Å². The number of nitrogens with one attached hydrogen (secondary N) is 1. The first kappa shape index (κ1) is 13.9. The first-order valence-electron chi connectivity index (χ1n) is 7.63. The van der Waals surface area contributed by atoms with E-state index in [1.165, 1.54) is 11.1 Å². The fourth-order valence-corrected chi connectivity index (χ4v) is 4.03. The van der Waals surface area contributed by atoms with E-state index in [4.69, 9.17) is 4.74 Å². The van der Waals surface area contributed by atoms with Gasteiger partial charge >= 0.3 is 0 Å². The number of fused-ring (bicyclic) bond motifs is 3. The van der Waals surface area contributed by atoms with E-state index < -0.39 is 0 Å². The molecule has 2 aliphatic rings. The summed E-state index contributed by atoms with van der Waals surface area (Å²) < 4.78 is 6.69. The van der Waals surface area contributed by atoms with Crippen LogP contribution in [0.4, 0.5) is 5.69 Å². The second-order valence-electron chi connectivity index (χ2n) is 5.95. The molecule has 0 bridgehead atoms. The van der Waals surface area contributed by atoms with E-state index in [0.717, 1.165) is 22.3 Å². The predicted octanol–water partition coefficient (Wildman–Crippen LogP) is 5.28. The van der Waals surface area contributed by atoms with Gasteiger partial charge in [0.25, 0.3) is 0 Å². The number of anilines is 1. The lowest BCUT2D eigenvalue weighted by atomic mass is 9.77. The molecule has 3 unspecified atom stereocenters. The van der Waals surface area contributed by atoms with E-state index in [2.05, 4.69) is 69.8 Å². The van der Waals surface area contributed by atoms with E-state index in [9.17, 15) is 0 Å². The van der Waals surface area contributed by atoms with Crippen LogP contribution >= 0.6 is 15.9 Å². The van der Waals surface area contributed by atoms with Crippen LogP contribution in [0.1, 0.15) is 29.5 Å². The molecule has 4 rings (SSSR count). The molecule has 3 atom stereocenters. The molecule has 0 aromatic heterocycles. The lowest BCUT2D eigenvalue weighted by Crippen LogP contribution is -2.29. The molecule has 0 radical (unpaired) electrons. The third-order valence-electron chi connectivity index (χ3n) is 4.81. The van der Waals surface area contributed by atoms with Gasteiger partial charge < -0.3 is 10.1 Å². The first-order valence-corrected chi connectivity index (χ1v) is 8.43. The maximum atomic E-state index is 5.57. The maximum absolute atomic E-state index is 5.57. The fourth-order valence-electron chi connectivity index (χ4n) is 3.76. The fraction of sp³-hybridized carbons (Fsp3) is 0.263. The number of rotatable bonds is 2. The largest absolute Gasteiger partial charge is 0.495 e. The second-order valence-corrected chi connectivity index (χ2v) is 6.87. The topological polar surface area (TPSA) is 21.3 Å². The van der Waals surface area contributed by atoms with Gasteiger partial charge in [0, 0.05) is 10.4 Å². The van der Waals surface area contributed by atoms with Crippen molar-refractivity contribution >= 4 is 21.6 Å². The van der Waals surface area contributed by atoms with Crippen molar-refractivity contribution in [2.45, 2.75) is 18.4 Å². The molecule has 2 aromatic carbocycles. The van der Waals surface area contributed by atoms with Gasteiger partial charge in [-0.25, -0.2) is 0 Å². The molecule has 3 heteroatoms. The SMILES string of the molecule is COc1cccc2c1NC(c1ccc(Br)cc1)C1CC=CC21. The highest BCUT2D eigenvalue weighted by molar-refractivity contribution is 9.10. The maximum Gasteiger partial charge on any atom is 0.142 e. The van der Waals surface area contributed by atoms with Crippen LogP contribution in [0, 0.1) is 5.92 Å². The molecule has 0 saturated heterocycles. The van der Waals surface area contributed by atoms with E-state index >= 15 is 0 Å². The van der Waals surface area contributed by atoms with Crippen molar-refractivity contribution in [1.82, 2.24) is 0 Å². The molecule has 2 nitrogen and oxygen atoms in total. The molecule has 1 aliphatic carbocycles. The summed E-state index contributed by atoms with van der Waals surface area (Å²) in [7, 11) is 1.74. The zero-order valence-electron chi connectivity index (χ0n) is 12.4. The highest BCUT2D eigenvalue weighted by Gasteiger charge is 2.38. The van der Waals surface area contributed by atoms with Crippen molar-refractivity contribution in [3.05, 3.63) is 70.2 Å². The zero-order valence-corrected chi connectivity index (χ0v) is 14.0. The Hall–Kier alpha value is -1.74. The molecular formula is C19H18BrNO. The summed E-state index contributed by atoms with van der Waals surface area (Å²) in [5, 5.41) is 3.74. The Balaban J connectivity index is 1.81. The molecule has 0 amide bonds. The average Bonchev–Trinajstić information content (AvgIpc) is 3.04. The Bertz CT molecular complexity index is 723. The number of benzene rings is 2. The second kappa shape index (κ2) is 5.47. The summed E-state index contributed by atoms with van der Waals surface area (Å²) in [6, 6.07) is 15.3. The molecule has 112 valence electrons. The molecule has 1 N–H and O–H groups in total. The zero-order chi connectivity index (χ0) is 15.1. The summed E-state index contributed by atoms with van der Waals surface area (Å²) in [4.78, 5) is 0. The predicted molar refractivity (Wildman–Crippen MR) is 93.5 cm³/mol. The van der Waals surface area contributed by atoms with Gasteiger partial charge in [0.05, 0.1) is 18.8 Å². The van der Waals surface area contributed by atoms with Crippen LogP contribution in [0.25, 0.3) is 0 Å². The molecule has 1 heterocycles. The lowest BCUT2D eigenvalue weighted by Gasteiger charge is -2.38. The Morgan fingerprint density at radius 3 is 2.73 bits per heavy atom. The minimum absolute atomic E-state index is 0.317. The van der Waals surface area contributed by atoms with Gasteiger partial charge in [-0.2, -0.15) is 0 Å². The van der Waals surface area contributed by atoms with Crippen LogP contribution in [0.2, 0.25) is 0 Å². The minimum Gasteiger partial charge on any atom is -0.495 e. The first-order chi connectivity index (χ1) is 10.8. The van der Waals surface area contributed by atoms with E-state index in [1.54, 1.807) is 7.11 Å². The molecule has 0 spiro atoms. The smallest absolute Gasteiger partial charge is 0.142 e. The van der Waals surface area contributed by atoms with Crippen molar-refractivity contribution in [2.75, 3.05) is 12.4 Å². The van der Waals surface area contributed by atoms with Crippen molar-refractivity contribution in [1.29, 1.82) is 0 Å². The summed E-state index contributed by atoms with van der Waals surface area (Å²) in [6.07, 6.45) is 5.79. The summed E-state index contributed by atoms with van der Waals surface area (Å²) in [6.45, 7) is 0. The van der Waals surface area contributed by atoms with E-state index in [1.807, 2.05) is 6.07 Å². The number of hydrogen-bond acceptors (Lipinski definition) is 2. The molecule has 2 aromatic rings. The number of allylic oxidation sites excluding steroid dienone is 2. The van der Waals surface area contributed by atoms with Crippen molar-refractivity contribution < 1.29 is 4.74 Å². The molecular weight excluding hydrogens is 338 g/mol. The van der Waals surface area contributed by atoms with Crippen LogP contribution in [0.5, 0.6) is 5.75 Å². The number of halogens is 1. The van der Waals surface area contributed by atoms with Gasteiger partial charge in [0.15, 0.2) is 0 Å². The standard InChI is InChI=1S/C19H18BrNO/c1-22-17-7-3-6-16-14-4-2-5-15(14)18(21-19(16)17)12-8-10-13(20)11-9-12/h2-4,6-11,14-15,18,21H,5H2,1H3. The van der Waals surface area contributed by atoms with Crippen molar-refractivity contribution in [3.8, 4) is 5.75 Å². The monoisotopic (exact) mass is 355 g/mol. The average molecular weight is 356 g/mol. The van der Waals surface area contributed by atoms with Crippen LogP contribution in [-0.4, -0.2) is 7.11 Å². The van der Waals surface area contributed by atoms with Crippen LogP contribution in [0.15, 0.2) is 59.1 Å². The highest BCUT2D eigenvalue weighted by Crippen LogP contribution is 2.52. The number of hydrogen-bond donors (Lipinski definition) is 1. The lowest BCUT2D eigenvalue weighted by molar-refractivity contribution is 0.397. The van der Waals surface area contributed by atoms with Gasteiger partial charge in [0.1, 0.15) is 5.75 Å². The van der Waals surface area contributed by atoms with Gasteiger partial charge in [-0.15, -0.1) is 0 Å². The summed E-state index contributed by atoms with van der Waals surface area (Å²) in [5.41, 5.74) is 3.83. The van der Waals surface area contributed by atoms with Crippen molar-refractivity contribution in [2.24, 2.45) is 5.92 Å². The van der Waals surface area contributed by atoms with E-state index in [0.29, 0.717) is 17.9 Å². The van der Waals surface area contributed by atoms with Gasteiger partial charge in [-0.05, 0) is 41.7 Å². The van der Waals surface area contributed by atoms with Crippen LogP contribution in [-0.2, 0) is 0 Å². The summed E-state index contributed by atoms with van der Waals surface area (Å²) in [5.74, 6) is 1.97. The van der Waals surface area contributed by atoms with E-state index in [-0.39, 0.29) is 0 Å². The van der Waals surface area contributed by atoms with Gasteiger partial charge in [-0.3, -0.25) is 0 Å². The number of ether oxygens (including phenoxy) is 1. The van der Waals surface area contributed by atoms with Crippen LogP contribution in [0.3, 0.4) is 0 Å². The third-order valence-corrected chi connectivity index (χ3v) is 5.34. The summed E-state index contributed by atoms with van der Waals surface area (Å²) >= 11 is 3.52. The quantitative estimate of drug-likeness (QED) is 0.739. The van der Waals surface area contributed by atoms with Gasteiger partial charge in [-0.1, -0.05) is 52.3 Å². The Kier molecular flexibility index (Phi) is 3.45. The van der Waals surface area contributed by atoms with Crippen LogP contribution < -0.4 is 10.1 Å². The van der Waals surface area contributed by atoms with Crippen molar-refractivity contribution in [3.63, 3.8) is 0 Å². The molecule has 1 aliphatic heterocycles. The third kappa shape index (κ3) is 2.15. The normalized spacial score (nSPS) is 25.3. The Labute approximate surface area is 139 Å². The number of methoxy groups -OCH3 is 1. The number of para-hydroxylation sites is 1. The minimum atomic E-state index is 0.317. The Morgan fingerprint density at radius 1 is 1.14 bits per heavy atom. The molecule has 0 fully saturated rings. The Morgan fingerprint density at radius 2 is 1.95 bits per heavy atom.